The van der Waals surface area contributed by atoms with Gasteiger partial charge in [0.2, 0.25) is 0 Å². The highest BCUT2D eigenvalue weighted by atomic mass is 19.1. The van der Waals surface area contributed by atoms with Crippen molar-refractivity contribution in [1.29, 1.82) is 0 Å². The van der Waals surface area contributed by atoms with Crippen molar-refractivity contribution in [2.75, 3.05) is 14.2 Å². The van der Waals surface area contributed by atoms with Gasteiger partial charge in [0.25, 0.3) is 0 Å². The van der Waals surface area contributed by atoms with Gasteiger partial charge >= 0.3 is 0 Å². The van der Waals surface area contributed by atoms with Gasteiger partial charge in [0.15, 0.2) is 0 Å². The Morgan fingerprint density at radius 2 is 1.95 bits per heavy atom. The summed E-state index contributed by atoms with van der Waals surface area (Å²) in [7, 11) is 3.51. The maximum atomic E-state index is 14.0. The number of benzene rings is 2. The third-order valence-electron chi connectivity index (χ3n) is 3.12. The third-order valence-corrected chi connectivity index (χ3v) is 3.12. The average molecular weight is 259 g/mol. The van der Waals surface area contributed by atoms with Gasteiger partial charge in [-0.1, -0.05) is 12.1 Å². The largest absolute Gasteiger partial charge is 0.496 e. The van der Waals surface area contributed by atoms with Crippen LogP contribution < -0.4 is 10.1 Å². The molecule has 0 aliphatic carbocycles. The molecule has 0 fully saturated rings. The van der Waals surface area contributed by atoms with E-state index in [4.69, 9.17) is 4.74 Å². The second-order valence-corrected chi connectivity index (χ2v) is 4.53. The number of aryl methyl sites for hydroxylation is 1. The van der Waals surface area contributed by atoms with E-state index in [1.807, 2.05) is 38.2 Å². The van der Waals surface area contributed by atoms with Crippen LogP contribution in [0.2, 0.25) is 0 Å². The Kier molecular flexibility index (Phi) is 4.17. The van der Waals surface area contributed by atoms with Crippen LogP contribution in [0.1, 0.15) is 11.1 Å². The summed E-state index contributed by atoms with van der Waals surface area (Å²) in [5, 5.41) is 3.07. The van der Waals surface area contributed by atoms with Gasteiger partial charge in [-0.2, -0.15) is 0 Å². The summed E-state index contributed by atoms with van der Waals surface area (Å²) >= 11 is 0. The van der Waals surface area contributed by atoms with E-state index in [2.05, 4.69) is 5.32 Å². The molecule has 0 radical (unpaired) electrons. The number of methoxy groups -OCH3 is 1. The molecule has 19 heavy (non-hydrogen) atoms. The molecule has 0 atom stereocenters. The van der Waals surface area contributed by atoms with E-state index in [0.29, 0.717) is 5.56 Å². The molecular formula is C16H18FNO. The minimum absolute atomic E-state index is 0.204. The van der Waals surface area contributed by atoms with Crippen LogP contribution in [0.4, 0.5) is 4.39 Å². The first kappa shape index (κ1) is 13.6. The predicted molar refractivity (Wildman–Crippen MR) is 75.9 cm³/mol. The van der Waals surface area contributed by atoms with Crippen molar-refractivity contribution >= 4 is 0 Å². The number of rotatable bonds is 4. The molecule has 2 aromatic rings. The number of ether oxygens (including phenoxy) is 1. The van der Waals surface area contributed by atoms with Crippen LogP contribution in [0.3, 0.4) is 0 Å². The van der Waals surface area contributed by atoms with Crippen molar-refractivity contribution in [3.63, 3.8) is 0 Å². The molecule has 0 aliphatic heterocycles. The van der Waals surface area contributed by atoms with Gasteiger partial charge < -0.3 is 10.1 Å². The van der Waals surface area contributed by atoms with Gasteiger partial charge in [0.05, 0.1) is 7.11 Å². The van der Waals surface area contributed by atoms with Crippen LogP contribution in [0, 0.1) is 12.7 Å². The first-order valence-electron chi connectivity index (χ1n) is 6.23. The van der Waals surface area contributed by atoms with Crippen molar-refractivity contribution in [3.8, 4) is 16.9 Å². The second-order valence-electron chi connectivity index (χ2n) is 4.53. The zero-order valence-electron chi connectivity index (χ0n) is 11.5. The van der Waals surface area contributed by atoms with E-state index in [-0.39, 0.29) is 5.82 Å². The van der Waals surface area contributed by atoms with Gasteiger partial charge in [-0.3, -0.25) is 0 Å². The minimum atomic E-state index is -0.204. The van der Waals surface area contributed by atoms with Crippen molar-refractivity contribution < 1.29 is 9.13 Å². The molecule has 0 amide bonds. The monoisotopic (exact) mass is 259 g/mol. The molecule has 0 saturated carbocycles. The molecule has 1 N–H and O–H groups in total. The Labute approximate surface area is 113 Å². The lowest BCUT2D eigenvalue weighted by Gasteiger charge is -2.10. The third kappa shape index (κ3) is 2.93. The van der Waals surface area contributed by atoms with Gasteiger partial charge in [-0.25, -0.2) is 4.39 Å². The molecule has 0 aliphatic rings. The van der Waals surface area contributed by atoms with Crippen molar-refractivity contribution in [2.45, 2.75) is 13.5 Å². The van der Waals surface area contributed by atoms with E-state index >= 15 is 0 Å². The first-order chi connectivity index (χ1) is 9.15. The quantitative estimate of drug-likeness (QED) is 0.907. The van der Waals surface area contributed by atoms with Crippen molar-refractivity contribution in [1.82, 2.24) is 5.32 Å². The maximum Gasteiger partial charge on any atom is 0.131 e. The summed E-state index contributed by atoms with van der Waals surface area (Å²) in [6, 6.07) is 10.9. The van der Waals surface area contributed by atoms with Crippen LogP contribution in [0.15, 0.2) is 36.4 Å². The Bertz CT molecular complexity index is 581. The highest BCUT2D eigenvalue weighted by Gasteiger charge is 2.08. The summed E-state index contributed by atoms with van der Waals surface area (Å²) in [5.41, 5.74) is 3.55. The fourth-order valence-corrected chi connectivity index (χ4v) is 2.15. The zero-order valence-corrected chi connectivity index (χ0v) is 11.5. The maximum absolute atomic E-state index is 14.0. The topological polar surface area (TPSA) is 21.3 Å². The number of nitrogens with one attached hydrogen (secondary N) is 1. The SMILES string of the molecule is CNCc1ccc(F)c(-c2ccc(OC)c(C)c2)c1. The smallest absolute Gasteiger partial charge is 0.131 e. The van der Waals surface area contributed by atoms with Crippen LogP contribution in [0.25, 0.3) is 11.1 Å². The lowest BCUT2D eigenvalue weighted by Crippen LogP contribution is -2.05. The highest BCUT2D eigenvalue weighted by molar-refractivity contribution is 5.67. The Morgan fingerprint density at radius 1 is 1.16 bits per heavy atom. The highest BCUT2D eigenvalue weighted by Crippen LogP contribution is 2.28. The Balaban J connectivity index is 2.45. The summed E-state index contributed by atoms with van der Waals surface area (Å²) in [4.78, 5) is 0. The van der Waals surface area contributed by atoms with E-state index < -0.39 is 0 Å². The minimum Gasteiger partial charge on any atom is -0.496 e. The fourth-order valence-electron chi connectivity index (χ4n) is 2.15. The fraction of sp³-hybridized carbons (Fsp3) is 0.250. The van der Waals surface area contributed by atoms with Crippen LogP contribution in [-0.4, -0.2) is 14.2 Å². The van der Waals surface area contributed by atoms with Crippen LogP contribution >= 0.6 is 0 Å². The molecule has 2 nitrogen and oxygen atoms in total. The van der Waals surface area contributed by atoms with Crippen molar-refractivity contribution in [3.05, 3.63) is 53.3 Å². The lowest BCUT2D eigenvalue weighted by molar-refractivity contribution is 0.412. The molecule has 2 aromatic carbocycles. The first-order valence-corrected chi connectivity index (χ1v) is 6.23. The zero-order chi connectivity index (χ0) is 13.8. The van der Waals surface area contributed by atoms with Gasteiger partial charge in [0, 0.05) is 12.1 Å². The summed E-state index contributed by atoms with van der Waals surface area (Å²) in [6.45, 7) is 2.68. The molecule has 0 unspecified atom stereocenters. The average Bonchev–Trinajstić information content (AvgIpc) is 2.41. The molecule has 0 heterocycles. The number of hydrogen-bond donors (Lipinski definition) is 1. The van der Waals surface area contributed by atoms with Crippen LogP contribution in [-0.2, 0) is 6.54 Å². The summed E-state index contributed by atoms with van der Waals surface area (Å²) in [6.07, 6.45) is 0. The molecule has 2 rings (SSSR count). The predicted octanol–water partition coefficient (Wildman–Crippen LogP) is 3.53. The molecule has 0 aromatic heterocycles. The van der Waals surface area contributed by atoms with Crippen LogP contribution in [0.5, 0.6) is 5.75 Å². The summed E-state index contributed by atoms with van der Waals surface area (Å²) in [5.74, 6) is 0.611. The Hall–Kier alpha value is -1.87. The van der Waals surface area contributed by atoms with Gasteiger partial charge in [0.1, 0.15) is 11.6 Å². The summed E-state index contributed by atoms with van der Waals surface area (Å²) < 4.78 is 19.2. The molecule has 3 heteroatoms. The van der Waals surface area contributed by atoms with Gasteiger partial charge in [-0.05, 0) is 54.9 Å². The molecule has 0 saturated heterocycles. The van der Waals surface area contributed by atoms with Gasteiger partial charge in [-0.15, -0.1) is 0 Å². The van der Waals surface area contributed by atoms with Crippen molar-refractivity contribution in [2.24, 2.45) is 0 Å². The van der Waals surface area contributed by atoms with E-state index in [0.717, 1.165) is 29.0 Å². The van der Waals surface area contributed by atoms with E-state index in [9.17, 15) is 4.39 Å². The second kappa shape index (κ2) is 5.85. The molecule has 0 spiro atoms. The standard InChI is InChI=1S/C16H18FNO/c1-11-8-13(5-7-16(11)19-3)14-9-12(10-18-2)4-6-15(14)17/h4-9,18H,10H2,1-3H3. The molecule has 100 valence electrons. The molecule has 0 bridgehead atoms. The number of halogens is 1. The number of hydrogen-bond acceptors (Lipinski definition) is 2. The van der Waals surface area contributed by atoms with E-state index in [1.165, 1.54) is 6.07 Å². The Morgan fingerprint density at radius 3 is 2.58 bits per heavy atom. The molecular weight excluding hydrogens is 241 g/mol. The van der Waals surface area contributed by atoms with E-state index in [1.54, 1.807) is 13.2 Å². The normalized spacial score (nSPS) is 10.5. The lowest BCUT2D eigenvalue weighted by atomic mass is 10.0.